The molecule has 52 heavy (non-hydrogen) atoms. The van der Waals surface area contributed by atoms with Crippen molar-refractivity contribution in [1.82, 2.24) is 9.88 Å². The van der Waals surface area contributed by atoms with E-state index in [1.807, 2.05) is 30.3 Å². The lowest BCUT2D eigenvalue weighted by molar-refractivity contribution is -0.176. The Bertz CT molecular complexity index is 1840. The van der Waals surface area contributed by atoms with E-state index in [-0.39, 0.29) is 47.6 Å². The first kappa shape index (κ1) is 36.4. The summed E-state index contributed by atoms with van der Waals surface area (Å²) >= 11 is 6.76. The van der Waals surface area contributed by atoms with E-state index < -0.39 is 51.6 Å². The van der Waals surface area contributed by atoms with Crippen LogP contribution in [0.25, 0.3) is 11.1 Å². The van der Waals surface area contributed by atoms with Crippen molar-refractivity contribution >= 4 is 23.7 Å². The largest absolute Gasteiger partial charge is 0.480 e. The summed E-state index contributed by atoms with van der Waals surface area (Å²) in [5.74, 6) is -3.08. The molecule has 3 atom stereocenters. The van der Waals surface area contributed by atoms with E-state index in [9.17, 15) is 9.59 Å². The number of amides is 1. The molecule has 2 aromatic carbocycles. The summed E-state index contributed by atoms with van der Waals surface area (Å²) in [4.78, 5) is 32.6. The van der Waals surface area contributed by atoms with Crippen molar-refractivity contribution in [3.8, 4) is 22.8 Å². The van der Waals surface area contributed by atoms with Crippen molar-refractivity contribution < 1.29 is 46.8 Å². The van der Waals surface area contributed by atoms with Gasteiger partial charge in [0.05, 0.1) is 30.3 Å². The molecule has 0 bridgehead atoms. The Balaban J connectivity index is 1.31. The number of hydrogen-bond acceptors (Lipinski definition) is 9. The molecular formula is C39H43ClF2N2O8. The minimum absolute atomic E-state index is 0.0589. The number of carbonyl (C=O) groups excluding carboxylic acids is 2. The monoisotopic (exact) mass is 740 g/mol. The molecule has 0 spiro atoms. The third-order valence-electron chi connectivity index (χ3n) is 10.1. The first-order valence-corrected chi connectivity index (χ1v) is 18.2. The van der Waals surface area contributed by atoms with E-state index >= 15 is 8.78 Å². The van der Waals surface area contributed by atoms with Gasteiger partial charge in [0.15, 0.2) is 17.7 Å². The number of pyridine rings is 1. The maximum absolute atomic E-state index is 17.0. The van der Waals surface area contributed by atoms with E-state index in [0.717, 1.165) is 44.2 Å². The summed E-state index contributed by atoms with van der Waals surface area (Å²) in [6.45, 7) is 6.58. The van der Waals surface area contributed by atoms with Gasteiger partial charge >= 0.3 is 12.1 Å². The van der Waals surface area contributed by atoms with Crippen LogP contribution >= 0.6 is 11.6 Å². The van der Waals surface area contributed by atoms with E-state index in [0.29, 0.717) is 44.4 Å². The Hall–Kier alpha value is -4.00. The lowest BCUT2D eigenvalue weighted by atomic mass is 9.80. The van der Waals surface area contributed by atoms with Crippen molar-refractivity contribution in [2.45, 2.75) is 101 Å². The summed E-state index contributed by atoms with van der Waals surface area (Å²) in [7, 11) is 1.16. The van der Waals surface area contributed by atoms with Gasteiger partial charge in [-0.25, -0.2) is 23.4 Å². The van der Waals surface area contributed by atoms with Crippen LogP contribution in [0.3, 0.4) is 0 Å². The minimum Gasteiger partial charge on any atom is -0.480 e. The second-order valence-corrected chi connectivity index (χ2v) is 15.3. The molecule has 13 heteroatoms. The molecule has 2 saturated heterocycles. The molecule has 7 rings (SSSR count). The summed E-state index contributed by atoms with van der Waals surface area (Å²) < 4.78 is 68.4. The molecule has 1 unspecified atom stereocenters. The maximum Gasteiger partial charge on any atom is 0.410 e. The van der Waals surface area contributed by atoms with Gasteiger partial charge in [0.2, 0.25) is 0 Å². The van der Waals surface area contributed by atoms with Crippen LogP contribution in [0.5, 0.6) is 11.6 Å². The van der Waals surface area contributed by atoms with Gasteiger partial charge in [0.1, 0.15) is 22.8 Å². The first-order valence-electron chi connectivity index (χ1n) is 17.8. The highest BCUT2D eigenvalue weighted by Gasteiger charge is 2.55. The third-order valence-corrected chi connectivity index (χ3v) is 10.5. The second kappa shape index (κ2) is 14.1. The van der Waals surface area contributed by atoms with Crippen molar-refractivity contribution in [3.05, 3.63) is 75.9 Å². The van der Waals surface area contributed by atoms with E-state index in [4.69, 9.17) is 40.0 Å². The highest BCUT2D eigenvalue weighted by molar-refractivity contribution is 6.34. The van der Waals surface area contributed by atoms with Gasteiger partial charge in [-0.1, -0.05) is 41.9 Å². The molecule has 3 aliphatic heterocycles. The standard InChI is InChI=1S/C39H43ClF2N2O8/c1-37(2,3)52-36(46)44-17-10-13-28(44)39(23-11-6-5-7-12-23)20-24-27(50-39)19-26(41)32(40)30(24)31-25(35(45)47-4)21-43-34(33(31)42)51-38(15-16-38)22-49-29-14-8-9-18-48-29/h5-7,11-12,19,21,28-29H,8-10,13-18,20,22H2,1-4H3/t28-,29?,39-/m0/s1. The van der Waals surface area contributed by atoms with E-state index in [2.05, 4.69) is 4.98 Å². The molecule has 0 N–H and O–H groups in total. The number of esters is 1. The Labute approximate surface area is 306 Å². The van der Waals surface area contributed by atoms with Gasteiger partial charge in [-0.15, -0.1) is 0 Å². The zero-order valence-corrected chi connectivity index (χ0v) is 30.5. The maximum atomic E-state index is 17.0. The zero-order chi connectivity index (χ0) is 36.8. The number of fused-ring (bicyclic) bond motifs is 1. The summed E-state index contributed by atoms with van der Waals surface area (Å²) in [6, 6.07) is 9.94. The molecule has 3 fully saturated rings. The Morgan fingerprint density at radius 2 is 1.85 bits per heavy atom. The van der Waals surface area contributed by atoms with Crippen LogP contribution in [0.1, 0.15) is 87.2 Å². The summed E-state index contributed by atoms with van der Waals surface area (Å²) in [5.41, 5.74) is -2.44. The molecule has 4 heterocycles. The van der Waals surface area contributed by atoms with Crippen LogP contribution in [0.15, 0.2) is 42.6 Å². The molecule has 3 aromatic rings. The predicted octanol–water partition coefficient (Wildman–Crippen LogP) is 8.15. The average Bonchev–Trinajstić information content (AvgIpc) is 3.50. The Morgan fingerprint density at radius 1 is 1.08 bits per heavy atom. The molecule has 1 saturated carbocycles. The number of likely N-dealkylation sites (tertiary alicyclic amines) is 1. The normalized spacial score (nSPS) is 23.5. The average molecular weight is 741 g/mol. The van der Waals surface area contributed by atoms with Gasteiger partial charge in [0, 0.05) is 48.5 Å². The lowest BCUT2D eigenvalue weighted by Crippen LogP contribution is -2.53. The molecule has 1 aliphatic carbocycles. The number of ether oxygens (including phenoxy) is 6. The molecule has 0 radical (unpaired) electrons. The van der Waals surface area contributed by atoms with E-state index in [1.165, 1.54) is 0 Å². The fourth-order valence-corrected chi connectivity index (χ4v) is 7.73. The zero-order valence-electron chi connectivity index (χ0n) is 29.8. The van der Waals surface area contributed by atoms with Crippen LogP contribution in [0, 0.1) is 11.6 Å². The number of aromatic nitrogens is 1. The fraction of sp³-hybridized carbons (Fsp3) is 0.513. The molecule has 10 nitrogen and oxygen atoms in total. The summed E-state index contributed by atoms with van der Waals surface area (Å²) in [6.07, 6.45) is 5.46. The van der Waals surface area contributed by atoms with Crippen LogP contribution in [0.4, 0.5) is 13.6 Å². The van der Waals surface area contributed by atoms with Crippen molar-refractivity contribution in [1.29, 1.82) is 0 Å². The van der Waals surface area contributed by atoms with E-state index in [1.54, 1.807) is 25.7 Å². The van der Waals surface area contributed by atoms with Crippen LogP contribution in [-0.2, 0) is 31.0 Å². The minimum atomic E-state index is -1.24. The van der Waals surface area contributed by atoms with Gasteiger partial charge in [0.25, 0.3) is 5.88 Å². The second-order valence-electron chi connectivity index (χ2n) is 14.9. The molecular weight excluding hydrogens is 698 g/mol. The third kappa shape index (κ3) is 6.92. The quantitative estimate of drug-likeness (QED) is 0.201. The molecule has 278 valence electrons. The molecule has 1 amide bonds. The smallest absolute Gasteiger partial charge is 0.410 e. The van der Waals surface area contributed by atoms with Crippen molar-refractivity contribution in [2.24, 2.45) is 0 Å². The predicted molar refractivity (Wildman–Crippen MR) is 186 cm³/mol. The van der Waals surface area contributed by atoms with Crippen molar-refractivity contribution in [3.63, 3.8) is 0 Å². The highest BCUT2D eigenvalue weighted by atomic mass is 35.5. The van der Waals surface area contributed by atoms with Crippen LogP contribution < -0.4 is 9.47 Å². The van der Waals surface area contributed by atoms with Gasteiger partial charge in [-0.3, -0.25) is 0 Å². The molecule has 4 aliphatic rings. The van der Waals surface area contributed by atoms with Crippen LogP contribution in [-0.4, -0.2) is 72.3 Å². The Kier molecular flexibility index (Phi) is 9.86. The van der Waals surface area contributed by atoms with Gasteiger partial charge < -0.3 is 33.3 Å². The van der Waals surface area contributed by atoms with Crippen molar-refractivity contribution in [2.75, 3.05) is 26.9 Å². The number of nitrogens with zero attached hydrogens (tertiary/aromatic N) is 2. The molecule has 1 aromatic heterocycles. The topological polar surface area (TPSA) is 106 Å². The number of rotatable bonds is 9. The van der Waals surface area contributed by atoms with Gasteiger partial charge in [-0.05, 0) is 71.3 Å². The number of halogens is 3. The SMILES string of the molecule is COC(=O)c1cnc(OC2(COC3CCCCO3)CC2)c(F)c1-c1c(Cl)c(F)cc2c1C[C@](c1ccccc1)([C@@H]1CCCN1C(=O)OC(C)(C)C)O2. The number of hydrogen-bond donors (Lipinski definition) is 0. The highest BCUT2D eigenvalue weighted by Crippen LogP contribution is 2.54. The number of benzene rings is 2. The Morgan fingerprint density at radius 3 is 2.52 bits per heavy atom. The first-order chi connectivity index (χ1) is 24.8. The van der Waals surface area contributed by atoms with Gasteiger partial charge in [-0.2, -0.15) is 0 Å². The number of carbonyl (C=O) groups is 2. The number of methoxy groups -OCH3 is 1. The van der Waals surface area contributed by atoms with Crippen LogP contribution in [0.2, 0.25) is 5.02 Å². The summed E-state index contributed by atoms with van der Waals surface area (Å²) in [5, 5.41) is -0.415. The lowest BCUT2D eigenvalue weighted by Gasteiger charge is -2.40. The fourth-order valence-electron chi connectivity index (χ4n) is 7.47.